The molecule has 0 saturated heterocycles. The number of benzene rings is 1. The largest absolute Gasteiger partial charge is 0.508 e. The van der Waals surface area contributed by atoms with Crippen molar-refractivity contribution in [2.45, 2.75) is 26.2 Å². The van der Waals surface area contributed by atoms with Gasteiger partial charge in [0.1, 0.15) is 5.75 Å². The van der Waals surface area contributed by atoms with Crippen LogP contribution in [-0.4, -0.2) is 5.11 Å². The third-order valence-corrected chi connectivity index (χ3v) is 3.07. The van der Waals surface area contributed by atoms with Crippen molar-refractivity contribution in [3.8, 4) is 5.75 Å². The predicted octanol–water partition coefficient (Wildman–Crippen LogP) is 3.09. The van der Waals surface area contributed by atoms with Crippen LogP contribution in [0.1, 0.15) is 31.9 Å². The summed E-state index contributed by atoms with van der Waals surface area (Å²) in [5.41, 5.74) is 3.95. The third kappa shape index (κ3) is 1.07. The molecule has 0 unspecified atom stereocenters. The Bertz CT molecular complexity index is 386. The number of hydrogen-bond acceptors (Lipinski definition) is 1. The van der Waals surface area contributed by atoms with E-state index in [2.05, 4.69) is 26.8 Å². The summed E-state index contributed by atoms with van der Waals surface area (Å²) in [5, 5.41) is 9.32. The molecule has 0 spiro atoms. The summed E-state index contributed by atoms with van der Waals surface area (Å²) in [5.74, 6) is 0.348. The molecule has 0 aromatic heterocycles. The Morgan fingerprint density at radius 2 is 1.92 bits per heavy atom. The number of allylic oxidation sites excluding steroid dienone is 1. The zero-order chi connectivity index (χ0) is 9.64. The number of hydrogen-bond donors (Lipinski definition) is 1. The maximum absolute atomic E-state index is 9.32. The monoisotopic (exact) mass is 174 g/mol. The van der Waals surface area contributed by atoms with Gasteiger partial charge in [-0.3, -0.25) is 0 Å². The number of phenolic OH excluding ortho intramolecular Hbond substituents is 1. The average molecular weight is 174 g/mol. The Kier molecular flexibility index (Phi) is 1.53. The first kappa shape index (κ1) is 8.36. The van der Waals surface area contributed by atoms with Gasteiger partial charge in [0.25, 0.3) is 0 Å². The van der Waals surface area contributed by atoms with E-state index in [0.717, 1.165) is 5.56 Å². The van der Waals surface area contributed by atoms with Gasteiger partial charge in [-0.1, -0.05) is 31.6 Å². The summed E-state index contributed by atoms with van der Waals surface area (Å²) in [4.78, 5) is 0. The summed E-state index contributed by atoms with van der Waals surface area (Å²) in [7, 11) is 0. The minimum atomic E-state index is 0.128. The maximum Gasteiger partial charge on any atom is 0.116 e. The molecular formula is C12H14O. The van der Waals surface area contributed by atoms with E-state index in [1.54, 1.807) is 6.07 Å². The first-order valence-corrected chi connectivity index (χ1v) is 4.54. The maximum atomic E-state index is 9.32. The number of aromatic hydroxyl groups is 1. The highest BCUT2D eigenvalue weighted by molar-refractivity contribution is 5.69. The normalized spacial score (nSPS) is 18.2. The molecule has 0 fully saturated rings. The van der Waals surface area contributed by atoms with Gasteiger partial charge in [0, 0.05) is 5.41 Å². The lowest BCUT2D eigenvalue weighted by Crippen LogP contribution is -2.15. The van der Waals surface area contributed by atoms with Crippen LogP contribution in [0.2, 0.25) is 0 Å². The van der Waals surface area contributed by atoms with Crippen molar-refractivity contribution in [2.24, 2.45) is 0 Å². The molecule has 0 heterocycles. The fourth-order valence-corrected chi connectivity index (χ4v) is 1.86. The van der Waals surface area contributed by atoms with E-state index >= 15 is 0 Å². The van der Waals surface area contributed by atoms with Crippen molar-refractivity contribution in [1.82, 2.24) is 0 Å². The smallest absolute Gasteiger partial charge is 0.116 e. The van der Waals surface area contributed by atoms with E-state index < -0.39 is 0 Å². The van der Waals surface area contributed by atoms with E-state index in [-0.39, 0.29) is 5.41 Å². The fourth-order valence-electron chi connectivity index (χ4n) is 1.86. The molecule has 1 nitrogen and oxygen atoms in total. The van der Waals surface area contributed by atoms with E-state index in [9.17, 15) is 5.11 Å². The minimum Gasteiger partial charge on any atom is -0.508 e. The van der Waals surface area contributed by atoms with Crippen molar-refractivity contribution in [3.05, 3.63) is 34.9 Å². The van der Waals surface area contributed by atoms with E-state index in [1.807, 2.05) is 12.1 Å². The molecule has 0 aliphatic heterocycles. The second-order valence-corrected chi connectivity index (χ2v) is 4.22. The Balaban J connectivity index is 2.65. The van der Waals surface area contributed by atoms with Crippen molar-refractivity contribution >= 4 is 6.08 Å². The molecule has 1 aromatic carbocycles. The Morgan fingerprint density at radius 3 is 2.62 bits per heavy atom. The van der Waals surface area contributed by atoms with Crippen LogP contribution in [0.25, 0.3) is 6.08 Å². The summed E-state index contributed by atoms with van der Waals surface area (Å²) in [6.45, 7) is 6.56. The summed E-state index contributed by atoms with van der Waals surface area (Å²) in [6.07, 6.45) is 2.15. The quantitative estimate of drug-likeness (QED) is 0.640. The Morgan fingerprint density at radius 1 is 1.23 bits per heavy atom. The molecule has 1 aromatic rings. The second-order valence-electron chi connectivity index (χ2n) is 4.22. The molecule has 0 amide bonds. The number of rotatable bonds is 0. The first-order valence-electron chi connectivity index (χ1n) is 4.54. The van der Waals surface area contributed by atoms with Crippen LogP contribution in [-0.2, 0) is 5.41 Å². The van der Waals surface area contributed by atoms with Gasteiger partial charge >= 0.3 is 0 Å². The summed E-state index contributed by atoms with van der Waals surface area (Å²) >= 11 is 0. The molecule has 1 heteroatoms. The highest BCUT2D eigenvalue weighted by atomic mass is 16.3. The SMILES string of the molecule is CC1=Cc2cc(O)ccc2C1(C)C. The third-order valence-electron chi connectivity index (χ3n) is 3.07. The van der Waals surface area contributed by atoms with Crippen LogP contribution in [0, 0.1) is 0 Å². The molecule has 68 valence electrons. The predicted molar refractivity (Wildman–Crippen MR) is 54.8 cm³/mol. The molecule has 1 aliphatic carbocycles. The van der Waals surface area contributed by atoms with E-state index in [4.69, 9.17) is 0 Å². The molecule has 0 saturated carbocycles. The van der Waals surface area contributed by atoms with Gasteiger partial charge in [-0.15, -0.1) is 0 Å². The van der Waals surface area contributed by atoms with Crippen LogP contribution >= 0.6 is 0 Å². The van der Waals surface area contributed by atoms with Gasteiger partial charge < -0.3 is 5.11 Å². The zero-order valence-electron chi connectivity index (χ0n) is 8.26. The van der Waals surface area contributed by atoms with Crippen molar-refractivity contribution in [1.29, 1.82) is 0 Å². The van der Waals surface area contributed by atoms with Gasteiger partial charge in [-0.25, -0.2) is 0 Å². The molecule has 1 N–H and O–H groups in total. The molecule has 13 heavy (non-hydrogen) atoms. The van der Waals surface area contributed by atoms with Crippen molar-refractivity contribution in [2.75, 3.05) is 0 Å². The van der Waals surface area contributed by atoms with Gasteiger partial charge in [-0.05, 0) is 30.2 Å². The van der Waals surface area contributed by atoms with Gasteiger partial charge in [0.15, 0.2) is 0 Å². The van der Waals surface area contributed by atoms with Crippen LogP contribution in [0.4, 0.5) is 0 Å². The van der Waals surface area contributed by atoms with Gasteiger partial charge in [-0.2, -0.15) is 0 Å². The van der Waals surface area contributed by atoms with Gasteiger partial charge in [0.05, 0.1) is 0 Å². The highest BCUT2D eigenvalue weighted by Crippen LogP contribution is 2.41. The topological polar surface area (TPSA) is 20.2 Å². The lowest BCUT2D eigenvalue weighted by molar-refractivity contribution is 0.474. The fraction of sp³-hybridized carbons (Fsp3) is 0.333. The van der Waals surface area contributed by atoms with Crippen LogP contribution < -0.4 is 0 Å². The molecule has 1 aliphatic rings. The molecule has 0 radical (unpaired) electrons. The standard InChI is InChI=1S/C12H14O/c1-8-6-9-7-10(13)4-5-11(9)12(8,2)3/h4-7,13H,1-3H3. The zero-order valence-corrected chi connectivity index (χ0v) is 8.26. The van der Waals surface area contributed by atoms with Gasteiger partial charge in [0.2, 0.25) is 0 Å². The first-order chi connectivity index (χ1) is 6.01. The van der Waals surface area contributed by atoms with Crippen LogP contribution in [0.5, 0.6) is 5.75 Å². The van der Waals surface area contributed by atoms with Crippen molar-refractivity contribution in [3.63, 3.8) is 0 Å². The lowest BCUT2D eigenvalue weighted by Gasteiger charge is -2.22. The van der Waals surface area contributed by atoms with E-state index in [1.165, 1.54) is 11.1 Å². The average Bonchev–Trinajstić information content (AvgIpc) is 2.23. The van der Waals surface area contributed by atoms with Crippen LogP contribution in [0.15, 0.2) is 23.8 Å². The molecule has 0 atom stereocenters. The number of phenols is 1. The van der Waals surface area contributed by atoms with E-state index in [0.29, 0.717) is 5.75 Å². The Labute approximate surface area is 78.7 Å². The minimum absolute atomic E-state index is 0.128. The van der Waals surface area contributed by atoms with Crippen LogP contribution in [0.3, 0.4) is 0 Å². The lowest BCUT2D eigenvalue weighted by atomic mass is 9.82. The highest BCUT2D eigenvalue weighted by Gasteiger charge is 2.29. The molecular weight excluding hydrogens is 160 g/mol. The molecule has 2 rings (SSSR count). The van der Waals surface area contributed by atoms with Crippen molar-refractivity contribution < 1.29 is 5.11 Å². The molecule has 0 bridgehead atoms. The summed E-state index contributed by atoms with van der Waals surface area (Å²) in [6, 6.07) is 5.60. The summed E-state index contributed by atoms with van der Waals surface area (Å²) < 4.78 is 0. The Hall–Kier alpha value is -1.24. The number of fused-ring (bicyclic) bond motifs is 1. The second kappa shape index (κ2) is 2.38.